The van der Waals surface area contributed by atoms with Crippen LogP contribution in [0.1, 0.15) is 17.7 Å². The van der Waals surface area contributed by atoms with Gasteiger partial charge < -0.3 is 5.32 Å². The lowest BCUT2D eigenvalue weighted by Gasteiger charge is -2.06. The Morgan fingerprint density at radius 3 is 3.06 bits per heavy atom. The summed E-state index contributed by atoms with van der Waals surface area (Å²) in [6, 6.07) is 7.78. The monoisotopic (exact) mass is 241 g/mol. The molecule has 2 rings (SSSR count). The lowest BCUT2D eigenvalue weighted by atomic mass is 10.2. The summed E-state index contributed by atoms with van der Waals surface area (Å²) in [6.45, 7) is 2.47. The summed E-state index contributed by atoms with van der Waals surface area (Å²) in [5, 5.41) is 16.3. The number of pyridine rings is 1. The molecule has 1 N–H and O–H groups in total. The van der Waals surface area contributed by atoms with Crippen molar-refractivity contribution in [1.29, 1.82) is 5.26 Å². The van der Waals surface area contributed by atoms with E-state index in [0.717, 1.165) is 25.1 Å². The molecule has 2 aromatic rings. The van der Waals surface area contributed by atoms with Crippen LogP contribution in [0.2, 0.25) is 0 Å². The fourth-order valence-corrected chi connectivity index (χ4v) is 1.70. The van der Waals surface area contributed by atoms with Crippen LogP contribution in [0.25, 0.3) is 0 Å². The molecule has 0 aliphatic heterocycles. The number of hydrogen-bond acceptors (Lipinski definition) is 4. The van der Waals surface area contributed by atoms with E-state index in [4.69, 9.17) is 5.26 Å². The summed E-state index contributed by atoms with van der Waals surface area (Å²) in [6.07, 6.45) is 6.38. The van der Waals surface area contributed by atoms with E-state index < -0.39 is 0 Å². The lowest BCUT2D eigenvalue weighted by Crippen LogP contribution is -2.17. The Morgan fingerprint density at radius 1 is 1.33 bits per heavy atom. The van der Waals surface area contributed by atoms with Gasteiger partial charge in [-0.1, -0.05) is 6.07 Å². The molecule has 0 amide bonds. The Kier molecular flexibility index (Phi) is 4.45. The summed E-state index contributed by atoms with van der Waals surface area (Å²) in [5.41, 5.74) is 1.44. The third-order valence-electron chi connectivity index (χ3n) is 2.61. The van der Waals surface area contributed by atoms with Crippen molar-refractivity contribution in [3.05, 3.63) is 48.0 Å². The van der Waals surface area contributed by atoms with E-state index in [1.807, 2.05) is 29.1 Å². The van der Waals surface area contributed by atoms with Crippen LogP contribution in [-0.2, 0) is 13.1 Å². The number of rotatable bonds is 6. The fourth-order valence-electron chi connectivity index (χ4n) is 1.70. The van der Waals surface area contributed by atoms with Crippen molar-refractivity contribution in [3.63, 3.8) is 0 Å². The van der Waals surface area contributed by atoms with Crippen LogP contribution >= 0.6 is 0 Å². The summed E-state index contributed by atoms with van der Waals surface area (Å²) < 4.78 is 1.91. The number of nitrogens with zero attached hydrogens (tertiary/aromatic N) is 4. The molecular weight excluding hydrogens is 226 g/mol. The molecule has 18 heavy (non-hydrogen) atoms. The van der Waals surface area contributed by atoms with Gasteiger partial charge in [0.1, 0.15) is 11.8 Å². The summed E-state index contributed by atoms with van der Waals surface area (Å²) in [7, 11) is 0. The van der Waals surface area contributed by atoms with Gasteiger partial charge in [-0.2, -0.15) is 10.4 Å². The first-order valence-corrected chi connectivity index (χ1v) is 5.92. The Balaban J connectivity index is 1.71. The molecular formula is C13H15N5. The van der Waals surface area contributed by atoms with Crippen molar-refractivity contribution >= 4 is 0 Å². The van der Waals surface area contributed by atoms with Gasteiger partial charge >= 0.3 is 0 Å². The molecule has 5 heteroatoms. The average Bonchev–Trinajstić information content (AvgIpc) is 2.92. The zero-order valence-corrected chi connectivity index (χ0v) is 10.1. The Labute approximate surface area is 106 Å². The van der Waals surface area contributed by atoms with Crippen LogP contribution in [0, 0.1) is 11.3 Å². The molecule has 0 aromatic carbocycles. The molecule has 0 saturated carbocycles. The van der Waals surface area contributed by atoms with Gasteiger partial charge in [0, 0.05) is 37.2 Å². The number of nitrogens with one attached hydrogen (secondary N) is 1. The van der Waals surface area contributed by atoms with E-state index in [9.17, 15) is 0 Å². The molecule has 0 saturated heterocycles. The normalized spacial score (nSPS) is 10.2. The Bertz CT molecular complexity index is 512. The van der Waals surface area contributed by atoms with Gasteiger partial charge in [0.25, 0.3) is 0 Å². The lowest BCUT2D eigenvalue weighted by molar-refractivity contribution is 0.543. The maximum atomic E-state index is 8.89. The Hall–Kier alpha value is -2.19. The molecule has 0 bridgehead atoms. The quantitative estimate of drug-likeness (QED) is 0.775. The first kappa shape index (κ1) is 12.3. The second-order valence-corrected chi connectivity index (χ2v) is 3.92. The van der Waals surface area contributed by atoms with Crippen LogP contribution < -0.4 is 5.32 Å². The van der Waals surface area contributed by atoms with Crippen LogP contribution in [0.4, 0.5) is 0 Å². The van der Waals surface area contributed by atoms with Crippen molar-refractivity contribution in [3.8, 4) is 6.07 Å². The third-order valence-corrected chi connectivity index (χ3v) is 2.61. The van der Waals surface area contributed by atoms with Gasteiger partial charge in [-0.15, -0.1) is 0 Å². The van der Waals surface area contributed by atoms with Crippen LogP contribution in [-0.4, -0.2) is 21.3 Å². The molecule has 0 spiro atoms. The van der Waals surface area contributed by atoms with E-state index >= 15 is 0 Å². The largest absolute Gasteiger partial charge is 0.313 e. The number of aromatic nitrogens is 3. The van der Waals surface area contributed by atoms with Gasteiger partial charge in [-0.05, 0) is 25.1 Å². The molecule has 0 atom stereocenters. The van der Waals surface area contributed by atoms with Crippen LogP contribution in [0.3, 0.4) is 0 Å². The van der Waals surface area contributed by atoms with E-state index in [1.54, 1.807) is 12.4 Å². The molecule has 5 nitrogen and oxygen atoms in total. The topological polar surface area (TPSA) is 66.5 Å². The summed E-state index contributed by atoms with van der Waals surface area (Å²) in [5.74, 6) is 0. The highest BCUT2D eigenvalue weighted by Crippen LogP contribution is 2.02. The summed E-state index contributed by atoms with van der Waals surface area (Å²) >= 11 is 0. The summed E-state index contributed by atoms with van der Waals surface area (Å²) in [4.78, 5) is 4.02. The standard InChI is InChI=1S/C13H15N5/c14-10-13-12(4-1-6-16-13)11-15-5-2-8-18-9-3-7-17-18/h1,3-4,6-7,9,15H,2,5,8,11H2. The highest BCUT2D eigenvalue weighted by Gasteiger charge is 2.00. The van der Waals surface area contributed by atoms with E-state index in [0.29, 0.717) is 12.2 Å². The van der Waals surface area contributed by atoms with Crippen molar-refractivity contribution < 1.29 is 0 Å². The predicted molar refractivity (Wildman–Crippen MR) is 67.5 cm³/mol. The van der Waals surface area contributed by atoms with Crippen LogP contribution in [0.15, 0.2) is 36.8 Å². The van der Waals surface area contributed by atoms with E-state index in [1.165, 1.54) is 0 Å². The minimum absolute atomic E-state index is 0.497. The van der Waals surface area contributed by atoms with Crippen molar-refractivity contribution in [1.82, 2.24) is 20.1 Å². The minimum Gasteiger partial charge on any atom is -0.313 e. The molecule has 2 aromatic heterocycles. The smallest absolute Gasteiger partial charge is 0.144 e. The molecule has 0 radical (unpaired) electrons. The first-order valence-electron chi connectivity index (χ1n) is 5.92. The predicted octanol–water partition coefficient (Wildman–Crippen LogP) is 1.33. The molecule has 92 valence electrons. The maximum Gasteiger partial charge on any atom is 0.144 e. The SMILES string of the molecule is N#Cc1ncccc1CNCCCn1cccn1. The third kappa shape index (κ3) is 3.40. The van der Waals surface area contributed by atoms with Crippen LogP contribution in [0.5, 0.6) is 0 Å². The average molecular weight is 241 g/mol. The number of nitriles is 1. The van der Waals surface area contributed by atoms with E-state index in [-0.39, 0.29) is 0 Å². The highest BCUT2D eigenvalue weighted by atomic mass is 15.3. The zero-order chi connectivity index (χ0) is 12.6. The van der Waals surface area contributed by atoms with Gasteiger partial charge in [0.15, 0.2) is 0 Å². The molecule has 0 unspecified atom stereocenters. The van der Waals surface area contributed by atoms with Gasteiger partial charge in [-0.3, -0.25) is 4.68 Å². The minimum atomic E-state index is 0.497. The van der Waals surface area contributed by atoms with Gasteiger partial charge in [-0.25, -0.2) is 4.98 Å². The zero-order valence-electron chi connectivity index (χ0n) is 10.1. The molecule has 0 aliphatic carbocycles. The number of hydrogen-bond donors (Lipinski definition) is 1. The van der Waals surface area contributed by atoms with Crippen molar-refractivity contribution in [2.24, 2.45) is 0 Å². The molecule has 0 fully saturated rings. The van der Waals surface area contributed by atoms with Crippen molar-refractivity contribution in [2.75, 3.05) is 6.54 Å². The second-order valence-electron chi connectivity index (χ2n) is 3.92. The van der Waals surface area contributed by atoms with Gasteiger partial charge in [0.2, 0.25) is 0 Å². The second kappa shape index (κ2) is 6.52. The highest BCUT2D eigenvalue weighted by molar-refractivity contribution is 5.30. The Morgan fingerprint density at radius 2 is 2.28 bits per heavy atom. The maximum absolute atomic E-state index is 8.89. The fraction of sp³-hybridized carbons (Fsp3) is 0.308. The van der Waals surface area contributed by atoms with E-state index in [2.05, 4.69) is 21.5 Å². The van der Waals surface area contributed by atoms with Crippen molar-refractivity contribution in [2.45, 2.75) is 19.5 Å². The molecule has 2 heterocycles. The molecule has 0 aliphatic rings. The number of aryl methyl sites for hydroxylation is 1. The first-order chi connectivity index (χ1) is 8.90. The van der Waals surface area contributed by atoms with Gasteiger partial charge in [0.05, 0.1) is 0 Å².